The third-order valence-electron chi connectivity index (χ3n) is 4.12. The van der Waals surface area contributed by atoms with E-state index in [9.17, 15) is 4.79 Å². The molecule has 3 aromatic rings. The average molecular weight is 377 g/mol. The number of nitrogens with one attached hydrogen (secondary N) is 2. The maximum absolute atomic E-state index is 12.1. The molecule has 0 unspecified atom stereocenters. The number of halogens is 1. The van der Waals surface area contributed by atoms with E-state index in [4.69, 9.17) is 11.6 Å². The molecule has 3 rings (SSSR count). The van der Waals surface area contributed by atoms with Gasteiger partial charge in [0.1, 0.15) is 0 Å². The van der Waals surface area contributed by atoms with E-state index in [1.54, 1.807) is 12.2 Å². The summed E-state index contributed by atoms with van der Waals surface area (Å²) in [6, 6.07) is 23.5. The molecule has 0 radical (unpaired) electrons. The van der Waals surface area contributed by atoms with Gasteiger partial charge < -0.3 is 10.6 Å². The number of rotatable bonds is 6. The fourth-order valence-corrected chi connectivity index (χ4v) is 2.82. The minimum atomic E-state index is -0.154. The van der Waals surface area contributed by atoms with Gasteiger partial charge in [-0.05, 0) is 59.6 Å². The summed E-state index contributed by atoms with van der Waals surface area (Å²) in [6.45, 7) is 0.806. The van der Waals surface area contributed by atoms with Gasteiger partial charge in [-0.15, -0.1) is 0 Å². The largest absolute Gasteiger partial charge is 0.323 e. The second-order valence-corrected chi connectivity index (χ2v) is 6.62. The van der Waals surface area contributed by atoms with Crippen molar-refractivity contribution in [2.24, 2.45) is 0 Å². The van der Waals surface area contributed by atoms with Crippen LogP contribution in [0, 0.1) is 0 Å². The number of carbonyl (C=O) groups is 1. The summed E-state index contributed by atoms with van der Waals surface area (Å²) < 4.78 is 0. The van der Waals surface area contributed by atoms with Crippen LogP contribution in [0.25, 0.3) is 17.2 Å². The van der Waals surface area contributed by atoms with Crippen molar-refractivity contribution >= 4 is 29.3 Å². The maximum Gasteiger partial charge on any atom is 0.248 e. The third kappa shape index (κ3) is 5.55. The van der Waals surface area contributed by atoms with Crippen LogP contribution < -0.4 is 10.6 Å². The van der Waals surface area contributed by atoms with Gasteiger partial charge in [-0.3, -0.25) is 4.79 Å². The summed E-state index contributed by atoms with van der Waals surface area (Å²) in [4.78, 5) is 12.1. The molecule has 0 saturated carbocycles. The summed E-state index contributed by atoms with van der Waals surface area (Å²) >= 11 is 5.93. The van der Waals surface area contributed by atoms with Crippen molar-refractivity contribution in [2.75, 3.05) is 12.4 Å². The van der Waals surface area contributed by atoms with E-state index in [1.165, 1.54) is 5.56 Å². The third-order valence-corrected chi connectivity index (χ3v) is 4.37. The molecule has 3 aromatic carbocycles. The average Bonchev–Trinajstić information content (AvgIpc) is 2.69. The second kappa shape index (κ2) is 9.17. The Balaban J connectivity index is 1.59. The first-order chi connectivity index (χ1) is 13.1. The second-order valence-electron chi connectivity index (χ2n) is 6.18. The molecule has 2 N–H and O–H groups in total. The van der Waals surface area contributed by atoms with Gasteiger partial charge in [0.15, 0.2) is 0 Å². The van der Waals surface area contributed by atoms with Crippen molar-refractivity contribution in [1.29, 1.82) is 0 Å². The Morgan fingerprint density at radius 1 is 0.889 bits per heavy atom. The first-order valence-corrected chi connectivity index (χ1v) is 9.10. The van der Waals surface area contributed by atoms with Crippen LogP contribution in [-0.2, 0) is 11.3 Å². The highest BCUT2D eigenvalue weighted by molar-refractivity contribution is 6.30. The zero-order valence-corrected chi connectivity index (χ0v) is 15.8. The molecule has 0 aliphatic rings. The lowest BCUT2D eigenvalue weighted by Gasteiger charge is -2.05. The summed E-state index contributed by atoms with van der Waals surface area (Å²) in [6.07, 6.45) is 3.34. The lowest BCUT2D eigenvalue weighted by Crippen LogP contribution is -2.08. The number of anilines is 1. The van der Waals surface area contributed by atoms with Crippen molar-refractivity contribution in [3.05, 3.63) is 95.0 Å². The fraction of sp³-hybridized carbons (Fsp3) is 0.0870. The zero-order chi connectivity index (χ0) is 19.1. The predicted octanol–water partition coefficient (Wildman–Crippen LogP) is 5.38. The summed E-state index contributed by atoms with van der Waals surface area (Å²) in [5.41, 5.74) is 5.13. The highest BCUT2D eigenvalue weighted by atomic mass is 35.5. The monoisotopic (exact) mass is 376 g/mol. The molecule has 0 aromatic heterocycles. The molecular weight excluding hydrogens is 356 g/mol. The van der Waals surface area contributed by atoms with Gasteiger partial charge in [-0.2, -0.15) is 0 Å². The van der Waals surface area contributed by atoms with Gasteiger partial charge in [0, 0.05) is 23.3 Å². The predicted molar refractivity (Wildman–Crippen MR) is 114 cm³/mol. The number of benzene rings is 3. The van der Waals surface area contributed by atoms with Crippen molar-refractivity contribution in [3.63, 3.8) is 0 Å². The Morgan fingerprint density at radius 3 is 2.07 bits per heavy atom. The first kappa shape index (κ1) is 18.9. The lowest BCUT2D eigenvalue weighted by molar-refractivity contribution is -0.111. The highest BCUT2D eigenvalue weighted by Gasteiger charge is 2.00. The number of amides is 1. The van der Waals surface area contributed by atoms with E-state index in [0.717, 1.165) is 33.9 Å². The SMILES string of the molecule is CNCc1ccc(NC(=O)C=Cc2ccc(-c3ccc(Cl)cc3)cc2)cc1. The van der Waals surface area contributed by atoms with Crippen molar-refractivity contribution < 1.29 is 4.79 Å². The summed E-state index contributed by atoms with van der Waals surface area (Å²) in [5.74, 6) is -0.154. The Bertz CT molecular complexity index is 914. The number of carbonyl (C=O) groups excluding carboxylic acids is 1. The molecule has 1 amide bonds. The topological polar surface area (TPSA) is 41.1 Å². The standard InChI is InChI=1S/C23H21ClN2O/c1-25-16-18-4-13-22(14-5-18)26-23(27)15-6-17-2-7-19(8-3-17)20-9-11-21(24)12-10-20/h2-15,25H,16H2,1H3,(H,26,27). The van der Waals surface area contributed by atoms with Crippen molar-refractivity contribution in [2.45, 2.75) is 6.54 Å². The van der Waals surface area contributed by atoms with Crippen LogP contribution in [0.3, 0.4) is 0 Å². The molecule has 0 atom stereocenters. The molecule has 3 nitrogen and oxygen atoms in total. The smallest absolute Gasteiger partial charge is 0.248 e. The molecule has 0 aliphatic carbocycles. The molecule has 0 bridgehead atoms. The molecule has 0 saturated heterocycles. The Morgan fingerprint density at radius 2 is 1.48 bits per heavy atom. The van der Waals surface area contributed by atoms with Crippen LogP contribution in [0.1, 0.15) is 11.1 Å². The Labute approximate surface area is 164 Å². The van der Waals surface area contributed by atoms with Crippen LogP contribution in [-0.4, -0.2) is 13.0 Å². The normalized spacial score (nSPS) is 10.9. The van der Waals surface area contributed by atoms with E-state index in [0.29, 0.717) is 0 Å². The summed E-state index contributed by atoms with van der Waals surface area (Å²) in [7, 11) is 1.91. The summed E-state index contributed by atoms with van der Waals surface area (Å²) in [5, 5.41) is 6.68. The Kier molecular flexibility index (Phi) is 6.42. The maximum atomic E-state index is 12.1. The van der Waals surface area contributed by atoms with E-state index < -0.39 is 0 Å². The molecule has 0 heterocycles. The molecule has 0 spiro atoms. The van der Waals surface area contributed by atoms with E-state index >= 15 is 0 Å². The minimum absolute atomic E-state index is 0.154. The van der Waals surface area contributed by atoms with Gasteiger partial charge in [0.2, 0.25) is 5.91 Å². The lowest BCUT2D eigenvalue weighted by atomic mass is 10.0. The molecule has 0 fully saturated rings. The van der Waals surface area contributed by atoms with Gasteiger partial charge >= 0.3 is 0 Å². The highest BCUT2D eigenvalue weighted by Crippen LogP contribution is 2.22. The van der Waals surface area contributed by atoms with E-state index in [2.05, 4.69) is 10.6 Å². The Hall–Kier alpha value is -2.88. The van der Waals surface area contributed by atoms with Crippen molar-refractivity contribution in [1.82, 2.24) is 5.32 Å². The molecule has 136 valence electrons. The van der Waals surface area contributed by atoms with Gasteiger partial charge in [-0.25, -0.2) is 0 Å². The van der Waals surface area contributed by atoms with Crippen LogP contribution in [0.4, 0.5) is 5.69 Å². The zero-order valence-electron chi connectivity index (χ0n) is 15.1. The van der Waals surface area contributed by atoms with Crippen LogP contribution in [0.2, 0.25) is 5.02 Å². The molecule has 0 aliphatic heterocycles. The van der Waals surface area contributed by atoms with Crippen LogP contribution in [0.5, 0.6) is 0 Å². The van der Waals surface area contributed by atoms with Gasteiger partial charge in [0.25, 0.3) is 0 Å². The fourth-order valence-electron chi connectivity index (χ4n) is 2.69. The van der Waals surface area contributed by atoms with Crippen LogP contribution in [0.15, 0.2) is 78.9 Å². The molecule has 4 heteroatoms. The number of hydrogen-bond acceptors (Lipinski definition) is 2. The van der Waals surface area contributed by atoms with Gasteiger partial charge in [0.05, 0.1) is 0 Å². The van der Waals surface area contributed by atoms with Crippen molar-refractivity contribution in [3.8, 4) is 11.1 Å². The molecular formula is C23H21ClN2O. The minimum Gasteiger partial charge on any atom is -0.323 e. The molecule has 27 heavy (non-hydrogen) atoms. The van der Waals surface area contributed by atoms with E-state index in [1.807, 2.05) is 79.8 Å². The quantitative estimate of drug-likeness (QED) is 0.567. The van der Waals surface area contributed by atoms with Crippen LogP contribution >= 0.6 is 11.6 Å². The first-order valence-electron chi connectivity index (χ1n) is 8.72. The number of hydrogen-bond donors (Lipinski definition) is 2. The van der Waals surface area contributed by atoms with Gasteiger partial charge in [-0.1, -0.05) is 60.1 Å². The van der Waals surface area contributed by atoms with E-state index in [-0.39, 0.29) is 5.91 Å².